The topological polar surface area (TPSA) is 94.2 Å². The minimum absolute atomic E-state index is 0.0521. The Balaban J connectivity index is 0.000000540. The average Bonchev–Trinajstić information content (AvgIpc) is 2.89. The molecule has 35 heavy (non-hydrogen) atoms. The lowest BCUT2D eigenvalue weighted by atomic mass is 10.0. The van der Waals surface area contributed by atoms with Gasteiger partial charge in [-0.1, -0.05) is 32.0 Å². The van der Waals surface area contributed by atoms with Gasteiger partial charge in [-0.15, -0.1) is 5.26 Å². The van der Waals surface area contributed by atoms with Crippen LogP contribution >= 0.6 is 0 Å². The first-order chi connectivity index (χ1) is 17.0. The SMILES string of the molecule is C=C(OOc1ccc(-c2coc3cc(CC)ccc3c2=O)cc1)N(CC)CC.CCCOOC#N. The first kappa shape index (κ1) is 27.3. The summed E-state index contributed by atoms with van der Waals surface area (Å²) in [6.07, 6.45) is 4.65. The summed E-state index contributed by atoms with van der Waals surface area (Å²) in [4.78, 5) is 33.5. The molecule has 0 fully saturated rings. The van der Waals surface area contributed by atoms with E-state index in [0.717, 1.165) is 37.1 Å². The van der Waals surface area contributed by atoms with Crippen LogP contribution in [-0.2, 0) is 21.1 Å². The molecule has 2 aromatic carbocycles. The van der Waals surface area contributed by atoms with Crippen LogP contribution in [0.5, 0.6) is 5.75 Å². The second-order valence-corrected chi connectivity index (χ2v) is 7.42. The Labute approximate surface area is 205 Å². The van der Waals surface area contributed by atoms with Crippen molar-refractivity contribution < 1.29 is 24.0 Å². The third kappa shape index (κ3) is 7.80. The molecule has 8 heteroatoms. The van der Waals surface area contributed by atoms with E-state index in [-0.39, 0.29) is 5.43 Å². The summed E-state index contributed by atoms with van der Waals surface area (Å²) in [7, 11) is 0. The molecular formula is C27H32N2O6. The standard InChI is InChI=1S/C23H25NO4.C4H7NO2/c1-5-17-8-13-20-22(14-17)26-15-21(23(20)25)18-9-11-19(12-10-18)28-27-16(4)24(6-2)7-3;1-2-3-6-7-4-5/h8-15H,4-7H2,1-3H3;2-3H2,1H3. The van der Waals surface area contributed by atoms with Crippen LogP contribution in [0.15, 0.2) is 70.4 Å². The molecule has 0 unspecified atom stereocenters. The van der Waals surface area contributed by atoms with Gasteiger partial charge >= 0.3 is 6.26 Å². The van der Waals surface area contributed by atoms with E-state index in [4.69, 9.17) is 19.5 Å². The summed E-state index contributed by atoms with van der Waals surface area (Å²) in [5.41, 5.74) is 2.96. The fourth-order valence-electron chi connectivity index (χ4n) is 3.16. The van der Waals surface area contributed by atoms with Gasteiger partial charge in [-0.3, -0.25) is 19.5 Å². The van der Waals surface area contributed by atoms with Crippen molar-refractivity contribution in [3.8, 4) is 23.1 Å². The van der Waals surface area contributed by atoms with Gasteiger partial charge in [-0.2, -0.15) is 4.89 Å². The lowest BCUT2D eigenvalue weighted by molar-refractivity contribution is -0.238. The number of fused-ring (bicyclic) bond motifs is 1. The minimum atomic E-state index is -0.0521. The van der Waals surface area contributed by atoms with E-state index in [2.05, 4.69) is 23.3 Å². The molecule has 3 rings (SSSR count). The van der Waals surface area contributed by atoms with E-state index in [9.17, 15) is 4.79 Å². The van der Waals surface area contributed by atoms with Crippen LogP contribution < -0.4 is 10.3 Å². The predicted molar refractivity (Wildman–Crippen MR) is 134 cm³/mol. The van der Waals surface area contributed by atoms with Gasteiger partial charge in [-0.25, -0.2) is 0 Å². The van der Waals surface area contributed by atoms with Gasteiger partial charge in [0.25, 0.3) is 0 Å². The quantitative estimate of drug-likeness (QED) is 0.109. The molecule has 0 aliphatic carbocycles. The average molecular weight is 481 g/mol. The molecule has 8 nitrogen and oxygen atoms in total. The van der Waals surface area contributed by atoms with Crippen molar-refractivity contribution in [3.05, 3.63) is 77.0 Å². The van der Waals surface area contributed by atoms with Crippen molar-refractivity contribution in [1.82, 2.24) is 4.90 Å². The van der Waals surface area contributed by atoms with E-state index in [1.807, 2.05) is 43.9 Å². The first-order valence-corrected chi connectivity index (χ1v) is 11.6. The maximum Gasteiger partial charge on any atom is 0.324 e. The highest BCUT2D eigenvalue weighted by Crippen LogP contribution is 2.23. The molecule has 0 bridgehead atoms. The highest BCUT2D eigenvalue weighted by atomic mass is 17.2. The third-order valence-corrected chi connectivity index (χ3v) is 5.15. The normalized spacial score (nSPS) is 10.0. The molecule has 0 N–H and O–H groups in total. The number of hydrogen-bond acceptors (Lipinski definition) is 8. The van der Waals surface area contributed by atoms with Gasteiger partial charge in [0.05, 0.1) is 17.6 Å². The smallest absolute Gasteiger partial charge is 0.324 e. The van der Waals surface area contributed by atoms with Crippen LogP contribution in [0.2, 0.25) is 0 Å². The molecule has 0 radical (unpaired) electrons. The van der Waals surface area contributed by atoms with Gasteiger partial charge < -0.3 is 9.32 Å². The Morgan fingerprint density at radius 2 is 1.80 bits per heavy atom. The van der Waals surface area contributed by atoms with Crippen LogP contribution in [0.4, 0.5) is 0 Å². The zero-order valence-electron chi connectivity index (χ0n) is 20.7. The molecule has 3 aromatic rings. The largest absolute Gasteiger partial charge is 0.463 e. The van der Waals surface area contributed by atoms with Gasteiger partial charge in [0.15, 0.2) is 11.2 Å². The molecule has 0 amide bonds. The molecule has 0 aliphatic rings. The number of hydrogen-bond donors (Lipinski definition) is 0. The summed E-state index contributed by atoms with van der Waals surface area (Å²) in [6, 6.07) is 12.8. The number of benzene rings is 2. The Bertz CT molecular complexity index is 1180. The fourth-order valence-corrected chi connectivity index (χ4v) is 3.16. The van der Waals surface area contributed by atoms with Gasteiger partial charge in [0.1, 0.15) is 11.8 Å². The molecule has 0 spiro atoms. The molecule has 186 valence electrons. The third-order valence-electron chi connectivity index (χ3n) is 5.15. The summed E-state index contributed by atoms with van der Waals surface area (Å²) >= 11 is 0. The molecule has 0 atom stereocenters. The monoisotopic (exact) mass is 480 g/mol. The van der Waals surface area contributed by atoms with Crippen LogP contribution in [0.3, 0.4) is 0 Å². The molecule has 0 saturated carbocycles. The Kier molecular flexibility index (Phi) is 11.2. The zero-order chi connectivity index (χ0) is 25.6. The first-order valence-electron chi connectivity index (χ1n) is 11.6. The summed E-state index contributed by atoms with van der Waals surface area (Å²) < 4.78 is 5.71. The molecule has 0 saturated heterocycles. The van der Waals surface area contributed by atoms with E-state index >= 15 is 0 Å². The van der Waals surface area contributed by atoms with Crippen molar-refractivity contribution in [2.24, 2.45) is 0 Å². The summed E-state index contributed by atoms with van der Waals surface area (Å²) in [6.45, 7) is 13.9. The van der Waals surface area contributed by atoms with Gasteiger partial charge in [0, 0.05) is 13.1 Å². The number of nitrogens with zero attached hydrogens (tertiary/aromatic N) is 2. The van der Waals surface area contributed by atoms with E-state index in [1.165, 1.54) is 12.5 Å². The van der Waals surface area contributed by atoms with Crippen LogP contribution in [0.25, 0.3) is 22.1 Å². The van der Waals surface area contributed by atoms with E-state index < -0.39 is 0 Å². The van der Waals surface area contributed by atoms with E-state index in [0.29, 0.717) is 34.8 Å². The molecular weight excluding hydrogens is 448 g/mol. The van der Waals surface area contributed by atoms with Crippen LogP contribution in [-0.4, -0.2) is 24.6 Å². The lowest BCUT2D eigenvalue weighted by Gasteiger charge is -2.21. The highest BCUT2D eigenvalue weighted by molar-refractivity contribution is 5.82. The second kappa shape index (κ2) is 14.3. The highest BCUT2D eigenvalue weighted by Gasteiger charge is 2.11. The number of rotatable bonds is 11. The molecule has 1 heterocycles. The van der Waals surface area contributed by atoms with Crippen molar-refractivity contribution in [2.75, 3.05) is 19.7 Å². The van der Waals surface area contributed by atoms with Crippen molar-refractivity contribution >= 4 is 11.0 Å². The van der Waals surface area contributed by atoms with E-state index in [1.54, 1.807) is 24.3 Å². The van der Waals surface area contributed by atoms with Crippen molar-refractivity contribution in [2.45, 2.75) is 40.5 Å². The number of nitriles is 1. The second-order valence-electron chi connectivity index (χ2n) is 7.42. The van der Waals surface area contributed by atoms with Gasteiger partial charge in [-0.05, 0) is 68.7 Å². The maximum atomic E-state index is 12.8. The Morgan fingerprint density at radius 1 is 1.09 bits per heavy atom. The van der Waals surface area contributed by atoms with Gasteiger partial charge in [0.2, 0.25) is 5.88 Å². The minimum Gasteiger partial charge on any atom is -0.463 e. The Hall–Kier alpha value is -3.96. The fraction of sp³-hybridized carbons (Fsp3) is 0.333. The number of aryl methyl sites for hydroxylation is 1. The van der Waals surface area contributed by atoms with Crippen molar-refractivity contribution in [3.63, 3.8) is 0 Å². The maximum absolute atomic E-state index is 12.8. The van der Waals surface area contributed by atoms with Crippen LogP contribution in [0, 0.1) is 11.5 Å². The molecule has 0 aliphatic heterocycles. The Morgan fingerprint density at radius 3 is 2.40 bits per heavy atom. The lowest BCUT2D eigenvalue weighted by Crippen LogP contribution is -2.23. The van der Waals surface area contributed by atoms with Crippen LogP contribution in [0.1, 0.15) is 39.7 Å². The summed E-state index contributed by atoms with van der Waals surface area (Å²) in [5, 5.41) is 8.27. The zero-order valence-corrected chi connectivity index (χ0v) is 20.7. The predicted octanol–water partition coefficient (Wildman–Crippen LogP) is 5.97. The van der Waals surface area contributed by atoms with Crippen molar-refractivity contribution in [1.29, 1.82) is 5.26 Å². The summed E-state index contributed by atoms with van der Waals surface area (Å²) in [5.74, 6) is 0.977. The molecule has 1 aromatic heterocycles.